The molecule has 1 amide bonds. The number of hydrogen-bond donors (Lipinski definition) is 1. The number of alkyl halides is 3. The molecule has 128 valence electrons. The number of carbonyl (C=O) groups is 1. The van der Waals surface area contributed by atoms with Crippen LogP contribution < -0.4 is 5.32 Å². The SMILES string of the molecule is O=C1NC(=Nc2cccc(C(F)(F)F)c2)SC1=Cc1ccc(Br)cc1. The number of thioether (sulfide) groups is 1. The molecular formula is C17H10BrF3N2OS. The fraction of sp³-hybridized carbons (Fsp3) is 0.0588. The summed E-state index contributed by atoms with van der Waals surface area (Å²) in [6.45, 7) is 0. The van der Waals surface area contributed by atoms with E-state index in [1.165, 1.54) is 12.1 Å². The minimum Gasteiger partial charge on any atom is -0.300 e. The van der Waals surface area contributed by atoms with Gasteiger partial charge in [0, 0.05) is 4.47 Å². The largest absolute Gasteiger partial charge is 0.416 e. The van der Waals surface area contributed by atoms with Crippen LogP contribution in [-0.2, 0) is 11.0 Å². The van der Waals surface area contributed by atoms with Gasteiger partial charge in [-0.3, -0.25) is 4.79 Å². The Labute approximate surface area is 154 Å². The Kier molecular flexibility index (Phi) is 5.01. The lowest BCUT2D eigenvalue weighted by molar-refractivity contribution is -0.137. The van der Waals surface area contributed by atoms with E-state index in [0.717, 1.165) is 33.9 Å². The van der Waals surface area contributed by atoms with Crippen LogP contribution in [0.1, 0.15) is 11.1 Å². The summed E-state index contributed by atoms with van der Waals surface area (Å²) in [4.78, 5) is 16.5. The number of nitrogens with one attached hydrogen (secondary N) is 1. The van der Waals surface area contributed by atoms with Crippen LogP contribution in [0.5, 0.6) is 0 Å². The Balaban J connectivity index is 1.82. The Morgan fingerprint density at radius 3 is 2.52 bits per heavy atom. The van der Waals surface area contributed by atoms with Gasteiger partial charge < -0.3 is 5.32 Å². The van der Waals surface area contributed by atoms with Gasteiger partial charge in [-0.1, -0.05) is 34.1 Å². The van der Waals surface area contributed by atoms with Crippen molar-refractivity contribution in [1.82, 2.24) is 5.32 Å². The normalized spacial score (nSPS) is 18.0. The van der Waals surface area contributed by atoms with E-state index in [1.807, 2.05) is 24.3 Å². The van der Waals surface area contributed by atoms with E-state index >= 15 is 0 Å². The molecule has 8 heteroatoms. The van der Waals surface area contributed by atoms with Crippen LogP contribution in [0.3, 0.4) is 0 Å². The molecule has 0 radical (unpaired) electrons. The van der Waals surface area contributed by atoms with Gasteiger partial charge in [-0.05, 0) is 53.7 Å². The number of carbonyl (C=O) groups excluding carboxylic acids is 1. The van der Waals surface area contributed by atoms with Crippen LogP contribution in [0.4, 0.5) is 18.9 Å². The molecule has 1 heterocycles. The Hall–Kier alpha value is -2.06. The molecule has 1 fully saturated rings. The molecule has 0 aliphatic carbocycles. The summed E-state index contributed by atoms with van der Waals surface area (Å²) >= 11 is 4.42. The monoisotopic (exact) mass is 426 g/mol. The summed E-state index contributed by atoms with van der Waals surface area (Å²) in [6, 6.07) is 12.0. The van der Waals surface area contributed by atoms with Gasteiger partial charge in [0.1, 0.15) is 0 Å². The van der Waals surface area contributed by atoms with E-state index in [9.17, 15) is 18.0 Å². The molecular weight excluding hydrogens is 417 g/mol. The van der Waals surface area contributed by atoms with Gasteiger partial charge in [0.25, 0.3) is 5.91 Å². The highest BCUT2D eigenvalue weighted by molar-refractivity contribution is 9.10. The van der Waals surface area contributed by atoms with Gasteiger partial charge >= 0.3 is 6.18 Å². The topological polar surface area (TPSA) is 41.5 Å². The first-order chi connectivity index (χ1) is 11.8. The minimum atomic E-state index is -4.44. The van der Waals surface area contributed by atoms with Crippen LogP contribution in [0.25, 0.3) is 6.08 Å². The van der Waals surface area contributed by atoms with E-state index in [2.05, 4.69) is 26.2 Å². The number of halogens is 4. The third kappa shape index (κ3) is 4.52. The zero-order chi connectivity index (χ0) is 18.0. The summed E-state index contributed by atoms with van der Waals surface area (Å²) in [6.07, 6.45) is -2.74. The highest BCUT2D eigenvalue weighted by atomic mass is 79.9. The smallest absolute Gasteiger partial charge is 0.300 e. The molecule has 3 rings (SSSR count). The van der Waals surface area contributed by atoms with Crippen molar-refractivity contribution in [3.8, 4) is 0 Å². The highest BCUT2D eigenvalue weighted by Crippen LogP contribution is 2.33. The number of amidine groups is 1. The summed E-state index contributed by atoms with van der Waals surface area (Å²) in [5, 5.41) is 2.80. The van der Waals surface area contributed by atoms with Crippen molar-refractivity contribution in [2.24, 2.45) is 4.99 Å². The maximum atomic E-state index is 12.7. The molecule has 2 aromatic rings. The fourth-order valence-electron chi connectivity index (χ4n) is 2.06. The molecule has 3 nitrogen and oxygen atoms in total. The van der Waals surface area contributed by atoms with Crippen molar-refractivity contribution in [3.63, 3.8) is 0 Å². The van der Waals surface area contributed by atoms with Crippen LogP contribution in [0, 0.1) is 0 Å². The van der Waals surface area contributed by atoms with Crippen molar-refractivity contribution >= 4 is 50.5 Å². The number of hydrogen-bond acceptors (Lipinski definition) is 3. The lowest BCUT2D eigenvalue weighted by Crippen LogP contribution is -2.19. The average molecular weight is 427 g/mol. The first kappa shape index (κ1) is 17.8. The molecule has 0 bridgehead atoms. The van der Waals surface area contributed by atoms with Gasteiger partial charge in [-0.15, -0.1) is 0 Å². The summed E-state index contributed by atoms with van der Waals surface area (Å²) in [7, 11) is 0. The fourth-order valence-corrected chi connectivity index (χ4v) is 3.17. The zero-order valence-corrected chi connectivity index (χ0v) is 14.9. The first-order valence-corrected chi connectivity index (χ1v) is 8.65. The molecule has 0 unspecified atom stereocenters. The van der Waals surface area contributed by atoms with Crippen molar-refractivity contribution < 1.29 is 18.0 Å². The van der Waals surface area contributed by atoms with Crippen LogP contribution in [-0.4, -0.2) is 11.1 Å². The average Bonchev–Trinajstić information content (AvgIpc) is 2.88. The first-order valence-electron chi connectivity index (χ1n) is 7.04. The Morgan fingerprint density at radius 1 is 1.12 bits per heavy atom. The van der Waals surface area contributed by atoms with Gasteiger partial charge in [-0.25, -0.2) is 4.99 Å². The number of amides is 1. The van der Waals surface area contributed by atoms with Crippen molar-refractivity contribution in [2.45, 2.75) is 6.18 Å². The Bertz CT molecular complexity index is 876. The predicted molar refractivity (Wildman–Crippen MR) is 96.4 cm³/mol. The summed E-state index contributed by atoms with van der Waals surface area (Å²) in [5.41, 5.74) is 0.179. The number of nitrogens with zero attached hydrogens (tertiary/aromatic N) is 1. The number of rotatable bonds is 2. The molecule has 0 saturated carbocycles. The van der Waals surface area contributed by atoms with Gasteiger partial charge in [-0.2, -0.15) is 13.2 Å². The van der Waals surface area contributed by atoms with Crippen molar-refractivity contribution in [2.75, 3.05) is 0 Å². The van der Waals surface area contributed by atoms with E-state index in [0.29, 0.717) is 4.91 Å². The molecule has 1 saturated heterocycles. The maximum Gasteiger partial charge on any atom is 0.416 e. The summed E-state index contributed by atoms with van der Waals surface area (Å²) < 4.78 is 39.1. The second kappa shape index (κ2) is 7.05. The lowest BCUT2D eigenvalue weighted by Gasteiger charge is -2.06. The predicted octanol–water partition coefficient (Wildman–Crippen LogP) is 5.36. The minimum absolute atomic E-state index is 0.127. The standard InChI is InChI=1S/C17H10BrF3N2OS/c18-12-6-4-10(5-7-12)8-14-15(24)23-16(25-14)22-13-3-1-2-11(9-13)17(19,20)21/h1-9H,(H,22,23,24). The Morgan fingerprint density at radius 2 is 1.84 bits per heavy atom. The van der Waals surface area contributed by atoms with E-state index < -0.39 is 11.7 Å². The number of aliphatic imine (C=N–C) groups is 1. The molecule has 0 aromatic heterocycles. The van der Waals surface area contributed by atoms with Gasteiger partial charge in [0.2, 0.25) is 0 Å². The van der Waals surface area contributed by atoms with E-state index in [1.54, 1.807) is 6.08 Å². The van der Waals surface area contributed by atoms with Gasteiger partial charge in [0.05, 0.1) is 16.2 Å². The third-order valence-electron chi connectivity index (χ3n) is 3.22. The molecule has 1 aliphatic rings. The molecule has 1 aliphatic heterocycles. The molecule has 0 atom stereocenters. The van der Waals surface area contributed by atoms with Crippen LogP contribution in [0.2, 0.25) is 0 Å². The summed E-state index contributed by atoms with van der Waals surface area (Å²) in [5.74, 6) is -0.335. The molecule has 25 heavy (non-hydrogen) atoms. The van der Waals surface area contributed by atoms with Crippen LogP contribution >= 0.6 is 27.7 Å². The van der Waals surface area contributed by atoms with Crippen LogP contribution in [0.15, 0.2) is 62.9 Å². The molecule has 1 N–H and O–H groups in total. The van der Waals surface area contributed by atoms with Crippen molar-refractivity contribution in [1.29, 1.82) is 0 Å². The quantitative estimate of drug-likeness (QED) is 0.656. The molecule has 0 spiro atoms. The van der Waals surface area contributed by atoms with E-state index in [-0.39, 0.29) is 16.8 Å². The second-order valence-corrected chi connectivity index (χ2v) is 7.03. The zero-order valence-electron chi connectivity index (χ0n) is 12.5. The third-order valence-corrected chi connectivity index (χ3v) is 4.66. The second-order valence-electron chi connectivity index (χ2n) is 5.08. The lowest BCUT2D eigenvalue weighted by atomic mass is 10.2. The molecule has 2 aromatic carbocycles. The van der Waals surface area contributed by atoms with E-state index in [4.69, 9.17) is 0 Å². The highest BCUT2D eigenvalue weighted by Gasteiger charge is 2.30. The van der Waals surface area contributed by atoms with Gasteiger partial charge in [0.15, 0.2) is 5.17 Å². The maximum absolute atomic E-state index is 12.7. The number of benzene rings is 2. The van der Waals surface area contributed by atoms with Crippen molar-refractivity contribution in [3.05, 3.63) is 69.0 Å².